The van der Waals surface area contributed by atoms with E-state index in [1.807, 2.05) is 0 Å². The number of alkyl halides is 1. The van der Waals surface area contributed by atoms with Crippen LogP contribution in [0.3, 0.4) is 0 Å². The number of Topliss-reactive ketones (excluding diaryl/α,β-unsaturated/α-hetero) is 1. The fourth-order valence-electron chi connectivity index (χ4n) is 5.41. The summed E-state index contributed by atoms with van der Waals surface area (Å²) in [6.07, 6.45) is 3.96. The smallest absolute Gasteiger partial charge is 0.312 e. The maximum atomic E-state index is 15.3. The van der Waals surface area contributed by atoms with Crippen LogP contribution in [0.1, 0.15) is 61.7 Å². The van der Waals surface area contributed by atoms with Gasteiger partial charge in [-0.05, 0) is 75.3 Å². The van der Waals surface area contributed by atoms with Gasteiger partial charge in [-0.1, -0.05) is 0 Å². The summed E-state index contributed by atoms with van der Waals surface area (Å²) >= 11 is 0. The lowest BCUT2D eigenvalue weighted by atomic mass is 9.76. The number of amides is 1. The molecule has 1 amide bonds. The summed E-state index contributed by atoms with van der Waals surface area (Å²) in [7, 11) is 0. The minimum Gasteiger partial charge on any atom is -0.449 e. The third-order valence-corrected chi connectivity index (χ3v) is 7.94. The predicted octanol–water partition coefficient (Wildman–Crippen LogP) is 3.20. The normalized spacial score (nSPS) is 29.0. The van der Waals surface area contributed by atoms with Gasteiger partial charge in [0.15, 0.2) is 17.1 Å². The first-order valence-corrected chi connectivity index (χ1v) is 12.5. The quantitative estimate of drug-likeness (QED) is 0.442. The standard InChI is InChI=1S/C26H34F2N2O5/c27-21-3-1-19(2-4-21)22(31)25(28)11-14-30(15-12-25)13-7-18-5-9-26(10-6-18,24(29)33)35-23(32)20-8-16-34-17-20/h1-4,18,20H,5-17H2,(H2,29,33). The highest BCUT2D eigenvalue weighted by atomic mass is 19.1. The van der Waals surface area contributed by atoms with Crippen LogP contribution in [0.5, 0.6) is 0 Å². The van der Waals surface area contributed by atoms with Gasteiger partial charge in [0, 0.05) is 38.1 Å². The van der Waals surface area contributed by atoms with E-state index in [0.717, 1.165) is 25.8 Å². The summed E-state index contributed by atoms with van der Waals surface area (Å²) in [6.45, 7) is 2.56. The molecule has 1 atom stereocenters. The first kappa shape index (κ1) is 25.7. The van der Waals surface area contributed by atoms with Crippen LogP contribution in [0.2, 0.25) is 0 Å². The summed E-state index contributed by atoms with van der Waals surface area (Å²) in [4.78, 5) is 39.4. The maximum Gasteiger partial charge on any atom is 0.312 e. The Morgan fingerprint density at radius 3 is 2.29 bits per heavy atom. The molecule has 2 saturated heterocycles. The van der Waals surface area contributed by atoms with Gasteiger partial charge in [0.1, 0.15) is 5.82 Å². The van der Waals surface area contributed by atoms with Crippen molar-refractivity contribution in [3.8, 4) is 0 Å². The highest BCUT2D eigenvalue weighted by Gasteiger charge is 2.46. The number of hydrogen-bond donors (Lipinski definition) is 1. The molecule has 0 bridgehead atoms. The second-order valence-electron chi connectivity index (χ2n) is 10.2. The topological polar surface area (TPSA) is 98.9 Å². The van der Waals surface area contributed by atoms with Crippen molar-refractivity contribution in [3.63, 3.8) is 0 Å². The number of nitrogens with zero attached hydrogens (tertiary/aromatic N) is 1. The second-order valence-corrected chi connectivity index (χ2v) is 10.2. The Hall–Kier alpha value is -2.39. The molecule has 0 aromatic heterocycles. The number of halogens is 2. The number of nitrogens with two attached hydrogens (primary N) is 1. The fourth-order valence-corrected chi connectivity index (χ4v) is 5.41. The minimum atomic E-state index is -1.92. The molecule has 1 aromatic carbocycles. The van der Waals surface area contributed by atoms with E-state index >= 15 is 4.39 Å². The zero-order chi connectivity index (χ0) is 25.1. The number of ether oxygens (including phenoxy) is 2. The lowest BCUT2D eigenvalue weighted by Gasteiger charge is -2.39. The van der Waals surface area contributed by atoms with E-state index in [9.17, 15) is 18.8 Å². The Kier molecular flexibility index (Phi) is 7.86. The van der Waals surface area contributed by atoms with Crippen LogP contribution in [0.15, 0.2) is 24.3 Å². The molecule has 1 aliphatic carbocycles. The molecule has 9 heteroatoms. The van der Waals surface area contributed by atoms with E-state index in [1.54, 1.807) is 0 Å². The van der Waals surface area contributed by atoms with Crippen molar-refractivity contribution in [2.24, 2.45) is 17.6 Å². The minimum absolute atomic E-state index is 0.111. The van der Waals surface area contributed by atoms with Crippen LogP contribution >= 0.6 is 0 Å². The average Bonchev–Trinajstić information content (AvgIpc) is 3.40. The van der Waals surface area contributed by atoms with Gasteiger partial charge in [0.25, 0.3) is 5.91 Å². The number of carbonyl (C=O) groups excluding carboxylic acids is 3. The second kappa shape index (κ2) is 10.7. The molecule has 0 spiro atoms. The van der Waals surface area contributed by atoms with Gasteiger partial charge in [-0.2, -0.15) is 0 Å². The van der Waals surface area contributed by atoms with Gasteiger partial charge in [0.05, 0.1) is 12.5 Å². The molecule has 7 nitrogen and oxygen atoms in total. The number of hydrogen-bond acceptors (Lipinski definition) is 6. The van der Waals surface area contributed by atoms with Crippen LogP contribution in [0, 0.1) is 17.7 Å². The summed E-state index contributed by atoms with van der Waals surface area (Å²) in [6, 6.07) is 5.01. The van der Waals surface area contributed by atoms with Crippen molar-refractivity contribution in [1.29, 1.82) is 0 Å². The molecule has 1 aromatic rings. The van der Waals surface area contributed by atoms with Crippen molar-refractivity contribution in [2.75, 3.05) is 32.8 Å². The van der Waals surface area contributed by atoms with Gasteiger partial charge in [-0.25, -0.2) is 8.78 Å². The van der Waals surface area contributed by atoms with Crippen LogP contribution in [0.4, 0.5) is 8.78 Å². The zero-order valence-corrected chi connectivity index (χ0v) is 20.0. The predicted molar refractivity (Wildman–Crippen MR) is 124 cm³/mol. The molecule has 3 aliphatic rings. The first-order chi connectivity index (χ1) is 16.7. The summed E-state index contributed by atoms with van der Waals surface area (Å²) in [5, 5.41) is 0. The van der Waals surface area contributed by atoms with Gasteiger partial charge in [0.2, 0.25) is 0 Å². The Balaban J connectivity index is 1.22. The Morgan fingerprint density at radius 1 is 1.06 bits per heavy atom. The number of carbonyl (C=O) groups is 3. The molecular formula is C26H34F2N2O5. The molecule has 2 heterocycles. The lowest BCUT2D eigenvalue weighted by Crippen LogP contribution is -2.51. The number of esters is 1. The first-order valence-electron chi connectivity index (χ1n) is 12.5. The van der Waals surface area contributed by atoms with Gasteiger partial charge >= 0.3 is 5.97 Å². The van der Waals surface area contributed by atoms with E-state index in [1.165, 1.54) is 24.3 Å². The highest BCUT2D eigenvalue weighted by Crippen LogP contribution is 2.38. The molecular weight excluding hydrogens is 458 g/mol. The Labute approximate surface area is 204 Å². The zero-order valence-electron chi connectivity index (χ0n) is 20.0. The van der Waals surface area contributed by atoms with Crippen molar-refractivity contribution in [3.05, 3.63) is 35.6 Å². The van der Waals surface area contributed by atoms with Crippen molar-refractivity contribution >= 4 is 17.7 Å². The van der Waals surface area contributed by atoms with Gasteiger partial charge in [-0.15, -0.1) is 0 Å². The van der Waals surface area contributed by atoms with E-state index in [4.69, 9.17) is 15.2 Å². The SMILES string of the molecule is NC(=O)C1(OC(=O)C2CCOC2)CCC(CCN2CCC(F)(C(=O)c3ccc(F)cc3)CC2)CC1. The Bertz CT molecular complexity index is 916. The number of primary amides is 1. The summed E-state index contributed by atoms with van der Waals surface area (Å²) in [5.74, 6) is -2.01. The molecule has 35 heavy (non-hydrogen) atoms. The van der Waals surface area contributed by atoms with E-state index in [0.29, 0.717) is 51.5 Å². The third kappa shape index (κ3) is 5.89. The fraction of sp³-hybridized carbons (Fsp3) is 0.654. The number of piperidine rings is 1. The molecule has 3 fully saturated rings. The molecule has 0 radical (unpaired) electrons. The van der Waals surface area contributed by atoms with Crippen LogP contribution in [-0.4, -0.2) is 66.7 Å². The molecule has 192 valence electrons. The Morgan fingerprint density at radius 2 is 1.71 bits per heavy atom. The van der Waals surface area contributed by atoms with Crippen molar-refractivity contribution in [1.82, 2.24) is 4.90 Å². The summed E-state index contributed by atoms with van der Waals surface area (Å²) in [5.41, 5.74) is 2.68. The van der Waals surface area contributed by atoms with E-state index < -0.39 is 34.7 Å². The largest absolute Gasteiger partial charge is 0.449 e. The van der Waals surface area contributed by atoms with Crippen LogP contribution in [-0.2, 0) is 19.1 Å². The van der Waals surface area contributed by atoms with E-state index in [2.05, 4.69) is 4.90 Å². The van der Waals surface area contributed by atoms with Crippen LogP contribution in [0.25, 0.3) is 0 Å². The molecule has 2 N–H and O–H groups in total. The third-order valence-electron chi connectivity index (χ3n) is 7.94. The van der Waals surface area contributed by atoms with Crippen molar-refractivity contribution in [2.45, 2.75) is 62.6 Å². The van der Waals surface area contributed by atoms with E-state index in [-0.39, 0.29) is 24.3 Å². The van der Waals surface area contributed by atoms with Crippen LogP contribution < -0.4 is 5.73 Å². The highest BCUT2D eigenvalue weighted by molar-refractivity contribution is 6.02. The number of benzene rings is 1. The molecule has 2 aliphatic heterocycles. The number of rotatable bonds is 8. The lowest BCUT2D eigenvalue weighted by molar-refractivity contribution is -0.176. The maximum absolute atomic E-state index is 15.3. The van der Waals surface area contributed by atoms with Crippen molar-refractivity contribution < 1.29 is 32.6 Å². The summed E-state index contributed by atoms with van der Waals surface area (Å²) < 4.78 is 39.4. The molecule has 1 saturated carbocycles. The molecule has 4 rings (SSSR count). The molecule has 1 unspecified atom stereocenters. The number of ketones is 1. The number of likely N-dealkylation sites (tertiary alicyclic amines) is 1. The average molecular weight is 493 g/mol. The van der Waals surface area contributed by atoms with Gasteiger partial charge in [-0.3, -0.25) is 14.4 Å². The monoisotopic (exact) mass is 492 g/mol. The van der Waals surface area contributed by atoms with Gasteiger partial charge < -0.3 is 20.1 Å².